The van der Waals surface area contributed by atoms with Gasteiger partial charge in [0.15, 0.2) is 0 Å². The summed E-state index contributed by atoms with van der Waals surface area (Å²) in [5.41, 5.74) is 5.99. The molecule has 1 fully saturated rings. The number of carbonyl (C=O) groups excluding carboxylic acids is 1. The summed E-state index contributed by atoms with van der Waals surface area (Å²) < 4.78 is 1.64. The van der Waals surface area contributed by atoms with E-state index in [0.717, 1.165) is 40.0 Å². The zero-order valence-electron chi connectivity index (χ0n) is 16.1. The number of fused-ring (bicyclic) bond motifs is 1. The Labute approximate surface area is 159 Å². The zero-order valence-corrected chi connectivity index (χ0v) is 16.1. The van der Waals surface area contributed by atoms with E-state index >= 15 is 0 Å². The number of nitrogens with one attached hydrogen (secondary N) is 2. The summed E-state index contributed by atoms with van der Waals surface area (Å²) in [6, 6.07) is 6.69. The third-order valence-corrected chi connectivity index (χ3v) is 5.77. The standard InChI is InChI=1S/C22H27N3O2/c1-14-10-17(13-25(2)22(14)27)16-11-15-8-9-20(26)24-21(15)19(12-16)23-18-6-4-3-5-7-18/h10-13,18,23H,3-9H2,1-2H3,(H,24,26). The fraction of sp³-hybridized carbons (Fsp3) is 0.455. The molecule has 142 valence electrons. The summed E-state index contributed by atoms with van der Waals surface area (Å²) in [6.07, 6.45) is 9.33. The van der Waals surface area contributed by atoms with Crippen molar-refractivity contribution in [1.29, 1.82) is 0 Å². The smallest absolute Gasteiger partial charge is 0.253 e. The van der Waals surface area contributed by atoms with Crippen LogP contribution >= 0.6 is 0 Å². The first-order chi connectivity index (χ1) is 13.0. The fourth-order valence-electron chi connectivity index (χ4n) is 4.28. The molecule has 1 aromatic carbocycles. The highest BCUT2D eigenvalue weighted by Crippen LogP contribution is 2.37. The lowest BCUT2D eigenvalue weighted by Gasteiger charge is -2.28. The molecular weight excluding hydrogens is 338 g/mol. The SMILES string of the molecule is Cc1cc(-c2cc3c(c(NC4CCCCC4)c2)NC(=O)CC3)cn(C)c1=O. The average Bonchev–Trinajstić information content (AvgIpc) is 2.66. The Morgan fingerprint density at radius 3 is 2.56 bits per heavy atom. The lowest BCUT2D eigenvalue weighted by Crippen LogP contribution is -2.25. The third kappa shape index (κ3) is 3.64. The molecule has 1 aliphatic heterocycles. The molecule has 2 aliphatic rings. The Hall–Kier alpha value is -2.56. The number of aromatic nitrogens is 1. The summed E-state index contributed by atoms with van der Waals surface area (Å²) in [5.74, 6) is 0.0832. The predicted molar refractivity (Wildman–Crippen MR) is 109 cm³/mol. The van der Waals surface area contributed by atoms with Crippen LogP contribution in [0.2, 0.25) is 0 Å². The van der Waals surface area contributed by atoms with E-state index in [-0.39, 0.29) is 11.5 Å². The number of rotatable bonds is 3. The van der Waals surface area contributed by atoms with Crippen LogP contribution in [0.5, 0.6) is 0 Å². The van der Waals surface area contributed by atoms with Gasteiger partial charge in [0.2, 0.25) is 5.91 Å². The van der Waals surface area contributed by atoms with Crippen molar-refractivity contribution in [3.63, 3.8) is 0 Å². The largest absolute Gasteiger partial charge is 0.381 e. The average molecular weight is 365 g/mol. The quantitative estimate of drug-likeness (QED) is 0.864. The molecule has 1 saturated carbocycles. The van der Waals surface area contributed by atoms with Crippen molar-refractivity contribution < 1.29 is 4.79 Å². The molecule has 1 aromatic heterocycles. The second kappa shape index (κ2) is 7.22. The molecule has 0 radical (unpaired) electrons. The lowest BCUT2D eigenvalue weighted by atomic mass is 9.93. The van der Waals surface area contributed by atoms with Crippen LogP contribution in [-0.2, 0) is 18.3 Å². The van der Waals surface area contributed by atoms with E-state index in [9.17, 15) is 9.59 Å². The van der Waals surface area contributed by atoms with Gasteiger partial charge < -0.3 is 15.2 Å². The van der Waals surface area contributed by atoms with Gasteiger partial charge in [-0.3, -0.25) is 9.59 Å². The van der Waals surface area contributed by atoms with E-state index in [0.29, 0.717) is 12.5 Å². The van der Waals surface area contributed by atoms with Gasteiger partial charge in [-0.1, -0.05) is 19.3 Å². The Balaban J connectivity index is 1.78. The van der Waals surface area contributed by atoms with Gasteiger partial charge in [-0.15, -0.1) is 0 Å². The Morgan fingerprint density at radius 2 is 1.81 bits per heavy atom. The number of nitrogens with zero attached hydrogens (tertiary/aromatic N) is 1. The molecule has 4 rings (SSSR count). The monoisotopic (exact) mass is 365 g/mol. The van der Waals surface area contributed by atoms with Crippen LogP contribution in [-0.4, -0.2) is 16.5 Å². The normalized spacial score (nSPS) is 17.3. The topological polar surface area (TPSA) is 63.1 Å². The molecule has 0 saturated heterocycles. The summed E-state index contributed by atoms with van der Waals surface area (Å²) in [5, 5.41) is 6.77. The molecule has 1 aliphatic carbocycles. The lowest BCUT2D eigenvalue weighted by molar-refractivity contribution is -0.116. The molecule has 2 heterocycles. The van der Waals surface area contributed by atoms with Crippen LogP contribution in [0.25, 0.3) is 11.1 Å². The van der Waals surface area contributed by atoms with Gasteiger partial charge in [0.05, 0.1) is 11.4 Å². The van der Waals surface area contributed by atoms with Crippen molar-refractivity contribution in [2.75, 3.05) is 10.6 Å². The van der Waals surface area contributed by atoms with Gasteiger partial charge >= 0.3 is 0 Å². The second-order valence-electron chi connectivity index (χ2n) is 7.91. The highest BCUT2D eigenvalue weighted by Gasteiger charge is 2.22. The number of carbonyl (C=O) groups is 1. The van der Waals surface area contributed by atoms with Crippen molar-refractivity contribution >= 4 is 17.3 Å². The number of amides is 1. The van der Waals surface area contributed by atoms with Crippen LogP contribution in [0.3, 0.4) is 0 Å². The number of hydrogen-bond donors (Lipinski definition) is 2. The minimum Gasteiger partial charge on any atom is -0.381 e. The number of pyridine rings is 1. The maximum absolute atomic E-state index is 12.1. The summed E-state index contributed by atoms with van der Waals surface area (Å²) in [4.78, 5) is 24.0. The van der Waals surface area contributed by atoms with Gasteiger partial charge in [-0.25, -0.2) is 0 Å². The van der Waals surface area contributed by atoms with E-state index in [4.69, 9.17) is 0 Å². The molecule has 1 amide bonds. The molecule has 2 aromatic rings. The van der Waals surface area contributed by atoms with Crippen molar-refractivity contribution in [2.45, 2.75) is 57.9 Å². The Morgan fingerprint density at radius 1 is 1.04 bits per heavy atom. The Bertz CT molecular complexity index is 913. The van der Waals surface area contributed by atoms with Crippen LogP contribution in [0, 0.1) is 6.92 Å². The van der Waals surface area contributed by atoms with Crippen molar-refractivity contribution in [3.05, 3.63) is 45.9 Å². The zero-order chi connectivity index (χ0) is 19.0. The molecule has 2 N–H and O–H groups in total. The van der Waals surface area contributed by atoms with Gasteiger partial charge in [0, 0.05) is 31.3 Å². The number of benzene rings is 1. The molecule has 27 heavy (non-hydrogen) atoms. The molecule has 5 heteroatoms. The number of anilines is 2. The molecule has 0 unspecified atom stereocenters. The van der Waals surface area contributed by atoms with Gasteiger partial charge in [-0.05, 0) is 61.1 Å². The molecule has 0 bridgehead atoms. The highest BCUT2D eigenvalue weighted by atomic mass is 16.1. The first kappa shape index (κ1) is 17.8. The van der Waals surface area contributed by atoms with E-state index in [2.05, 4.69) is 22.8 Å². The van der Waals surface area contributed by atoms with Crippen LogP contribution in [0.15, 0.2) is 29.2 Å². The van der Waals surface area contributed by atoms with E-state index in [1.165, 1.54) is 32.1 Å². The minimum atomic E-state index is 0.0320. The number of hydrogen-bond acceptors (Lipinski definition) is 3. The highest BCUT2D eigenvalue weighted by molar-refractivity contribution is 5.99. The van der Waals surface area contributed by atoms with Crippen molar-refractivity contribution in [3.8, 4) is 11.1 Å². The number of aryl methyl sites for hydroxylation is 3. The molecule has 5 nitrogen and oxygen atoms in total. The molecule has 0 atom stereocenters. The van der Waals surface area contributed by atoms with Crippen molar-refractivity contribution in [2.24, 2.45) is 7.05 Å². The van der Waals surface area contributed by atoms with E-state index in [1.54, 1.807) is 11.6 Å². The minimum absolute atomic E-state index is 0.0320. The first-order valence-electron chi connectivity index (χ1n) is 9.92. The first-order valence-corrected chi connectivity index (χ1v) is 9.92. The molecule has 0 spiro atoms. The van der Waals surface area contributed by atoms with Crippen LogP contribution in [0.4, 0.5) is 11.4 Å². The predicted octanol–water partition coefficient (Wildman–Crippen LogP) is 3.99. The van der Waals surface area contributed by atoms with Crippen LogP contribution < -0.4 is 16.2 Å². The summed E-state index contributed by atoms with van der Waals surface area (Å²) >= 11 is 0. The van der Waals surface area contributed by atoms with E-state index in [1.807, 2.05) is 19.2 Å². The molecular formula is C22H27N3O2. The Kier molecular flexibility index (Phi) is 4.77. The summed E-state index contributed by atoms with van der Waals surface area (Å²) in [7, 11) is 1.79. The van der Waals surface area contributed by atoms with Crippen molar-refractivity contribution in [1.82, 2.24) is 4.57 Å². The van der Waals surface area contributed by atoms with Gasteiger partial charge in [-0.2, -0.15) is 0 Å². The second-order valence-corrected chi connectivity index (χ2v) is 7.91. The fourth-order valence-corrected chi connectivity index (χ4v) is 4.28. The summed E-state index contributed by atoms with van der Waals surface area (Å²) in [6.45, 7) is 1.85. The maximum Gasteiger partial charge on any atom is 0.253 e. The third-order valence-electron chi connectivity index (χ3n) is 5.77. The maximum atomic E-state index is 12.1. The van der Waals surface area contributed by atoms with Crippen LogP contribution in [0.1, 0.15) is 49.7 Å². The van der Waals surface area contributed by atoms with Gasteiger partial charge in [0.1, 0.15) is 0 Å². The van der Waals surface area contributed by atoms with E-state index < -0.39 is 0 Å². The van der Waals surface area contributed by atoms with Gasteiger partial charge in [0.25, 0.3) is 5.56 Å².